The van der Waals surface area contributed by atoms with Gasteiger partial charge in [-0.05, 0) is 98.4 Å². The Hall–Kier alpha value is -2.78. The Balaban J connectivity index is 1.68. The molecule has 4 aromatic carbocycles. The topological polar surface area (TPSA) is 0 Å². The van der Waals surface area contributed by atoms with Gasteiger partial charge in [0.05, 0.1) is 0 Å². The van der Waals surface area contributed by atoms with E-state index in [2.05, 4.69) is 135 Å². The fourth-order valence-electron chi connectivity index (χ4n) is 5.35. The van der Waals surface area contributed by atoms with Crippen molar-refractivity contribution >= 4 is 37.1 Å². The molecule has 0 aromatic heterocycles. The van der Waals surface area contributed by atoms with Crippen molar-refractivity contribution in [2.45, 2.75) is 39.5 Å². The van der Waals surface area contributed by atoms with Crippen LogP contribution in [-0.2, 0) is 0 Å². The molecular weight excluding hydrogens is 470 g/mol. The average molecular weight is 505 g/mol. The van der Waals surface area contributed by atoms with Gasteiger partial charge >= 0.3 is 0 Å². The van der Waals surface area contributed by atoms with Gasteiger partial charge in [-0.1, -0.05) is 121 Å². The highest BCUT2D eigenvalue weighted by atomic mass is 31.1. The van der Waals surface area contributed by atoms with Crippen LogP contribution in [0.3, 0.4) is 0 Å². The molecule has 1 aliphatic carbocycles. The van der Waals surface area contributed by atoms with Crippen LogP contribution in [0.1, 0.15) is 39.5 Å². The highest BCUT2D eigenvalue weighted by molar-refractivity contribution is 7.77. The van der Waals surface area contributed by atoms with Crippen molar-refractivity contribution < 1.29 is 0 Å². The summed E-state index contributed by atoms with van der Waals surface area (Å²) < 4.78 is 0. The first-order valence-corrected chi connectivity index (χ1v) is 15.6. The van der Waals surface area contributed by atoms with E-state index in [-0.39, 0.29) is 0 Å². The predicted molar refractivity (Wildman–Crippen MR) is 162 cm³/mol. The number of rotatable bonds is 6. The van der Waals surface area contributed by atoms with E-state index in [9.17, 15) is 0 Å². The molecule has 180 valence electrons. The first-order chi connectivity index (χ1) is 17.7. The third kappa shape index (κ3) is 5.47. The Morgan fingerprint density at radius 3 is 0.917 bits per heavy atom. The van der Waals surface area contributed by atoms with Gasteiger partial charge in [0.15, 0.2) is 0 Å². The maximum Gasteiger partial charge on any atom is -0.0154 e. The highest BCUT2D eigenvalue weighted by Gasteiger charge is 2.26. The SMILES string of the molecule is C/C(=C1/CCCC/C1=C(/C)P(c1ccccc1)c1ccccc1)P(c1ccccc1)c1ccccc1. The Morgan fingerprint density at radius 2 is 0.667 bits per heavy atom. The zero-order chi connectivity index (χ0) is 24.7. The second-order valence-corrected chi connectivity index (χ2v) is 14.1. The zero-order valence-electron chi connectivity index (χ0n) is 21.3. The molecule has 0 aliphatic heterocycles. The van der Waals surface area contributed by atoms with Gasteiger partial charge in [-0.25, -0.2) is 0 Å². The van der Waals surface area contributed by atoms with Crippen LogP contribution in [0.4, 0.5) is 0 Å². The van der Waals surface area contributed by atoms with E-state index in [4.69, 9.17) is 0 Å². The minimum absolute atomic E-state index is 0.561. The largest absolute Gasteiger partial charge is 0.0622 e. The van der Waals surface area contributed by atoms with Gasteiger partial charge in [0.25, 0.3) is 0 Å². The molecule has 1 fully saturated rings. The van der Waals surface area contributed by atoms with Gasteiger partial charge in [0, 0.05) is 0 Å². The van der Waals surface area contributed by atoms with E-state index in [1.165, 1.54) is 46.9 Å². The Kier molecular flexibility index (Phi) is 8.28. The van der Waals surface area contributed by atoms with Gasteiger partial charge < -0.3 is 0 Å². The van der Waals surface area contributed by atoms with Crippen LogP contribution in [0.15, 0.2) is 143 Å². The molecule has 0 nitrogen and oxygen atoms in total. The number of benzene rings is 4. The number of hydrogen-bond donors (Lipinski definition) is 0. The van der Waals surface area contributed by atoms with Gasteiger partial charge in [0.2, 0.25) is 0 Å². The molecule has 0 heterocycles. The fraction of sp³-hybridized carbons (Fsp3) is 0.176. The number of allylic oxidation sites excluding steroid dienone is 4. The van der Waals surface area contributed by atoms with Crippen molar-refractivity contribution in [2.24, 2.45) is 0 Å². The van der Waals surface area contributed by atoms with Crippen LogP contribution in [-0.4, -0.2) is 0 Å². The molecule has 4 aromatic rings. The first-order valence-electron chi connectivity index (χ1n) is 12.9. The molecule has 0 unspecified atom stereocenters. The molecule has 36 heavy (non-hydrogen) atoms. The summed E-state index contributed by atoms with van der Waals surface area (Å²) in [5, 5.41) is 8.93. The van der Waals surface area contributed by atoms with E-state index >= 15 is 0 Å². The lowest BCUT2D eigenvalue weighted by Gasteiger charge is -2.31. The average Bonchev–Trinajstić information content (AvgIpc) is 2.95. The van der Waals surface area contributed by atoms with Crippen LogP contribution in [0.25, 0.3) is 0 Å². The Bertz CT molecular complexity index is 1140. The van der Waals surface area contributed by atoms with Crippen molar-refractivity contribution in [3.63, 3.8) is 0 Å². The summed E-state index contributed by atoms with van der Waals surface area (Å²) in [6, 6.07) is 44.6. The third-order valence-corrected chi connectivity index (χ3v) is 12.2. The lowest BCUT2D eigenvalue weighted by Crippen LogP contribution is -2.16. The van der Waals surface area contributed by atoms with Gasteiger partial charge in [-0.2, -0.15) is 0 Å². The molecule has 0 bridgehead atoms. The zero-order valence-corrected chi connectivity index (χ0v) is 23.1. The fourth-order valence-corrected chi connectivity index (χ4v) is 10.4. The summed E-state index contributed by atoms with van der Waals surface area (Å²) in [6.07, 6.45) is 4.93. The Morgan fingerprint density at radius 1 is 0.417 bits per heavy atom. The molecule has 0 atom stereocenters. The summed E-state index contributed by atoms with van der Waals surface area (Å²) >= 11 is 0. The number of hydrogen-bond acceptors (Lipinski definition) is 0. The molecule has 0 saturated heterocycles. The summed E-state index contributed by atoms with van der Waals surface area (Å²) in [5.41, 5.74) is 3.24. The molecule has 1 saturated carbocycles. The first kappa shape index (κ1) is 24.9. The summed E-state index contributed by atoms with van der Waals surface area (Å²) in [4.78, 5) is 0. The van der Waals surface area contributed by atoms with Crippen molar-refractivity contribution in [1.29, 1.82) is 0 Å². The predicted octanol–water partition coefficient (Wildman–Crippen LogP) is 8.37. The van der Waals surface area contributed by atoms with Gasteiger partial charge in [-0.15, -0.1) is 0 Å². The molecule has 0 spiro atoms. The standard InChI is InChI=1S/C34H34P2/c1-27(35(29-17-7-3-8-18-29)30-19-9-4-10-20-30)33-25-15-16-26-34(33)28(2)36(31-21-11-5-12-22-31)32-23-13-6-14-24-32/h3-14,17-24H,15-16,25-26H2,1-2H3/b33-27+,34-28+. The van der Waals surface area contributed by atoms with E-state index in [0.717, 1.165) is 0 Å². The normalized spacial score (nSPS) is 16.8. The van der Waals surface area contributed by atoms with Crippen molar-refractivity contribution in [3.8, 4) is 0 Å². The molecule has 1 aliphatic rings. The quantitative estimate of drug-likeness (QED) is 0.231. The van der Waals surface area contributed by atoms with Crippen molar-refractivity contribution in [3.05, 3.63) is 143 Å². The lowest BCUT2D eigenvalue weighted by molar-refractivity contribution is 0.675. The van der Waals surface area contributed by atoms with Crippen molar-refractivity contribution in [2.75, 3.05) is 0 Å². The van der Waals surface area contributed by atoms with Crippen LogP contribution in [0.5, 0.6) is 0 Å². The van der Waals surface area contributed by atoms with E-state index in [1.54, 1.807) is 21.8 Å². The van der Waals surface area contributed by atoms with E-state index in [1.807, 2.05) is 0 Å². The second-order valence-electron chi connectivity index (χ2n) is 9.35. The van der Waals surface area contributed by atoms with Gasteiger partial charge in [0.1, 0.15) is 0 Å². The Labute approximate surface area is 219 Å². The van der Waals surface area contributed by atoms with Gasteiger partial charge in [-0.3, -0.25) is 0 Å². The highest BCUT2D eigenvalue weighted by Crippen LogP contribution is 2.52. The maximum atomic E-state index is 2.42. The van der Waals surface area contributed by atoms with Crippen LogP contribution in [0.2, 0.25) is 0 Å². The summed E-state index contributed by atoms with van der Waals surface area (Å²) in [6.45, 7) is 4.85. The lowest BCUT2D eigenvalue weighted by atomic mass is 9.89. The molecular formula is C34H34P2. The maximum absolute atomic E-state index is 2.42. The molecule has 0 N–H and O–H groups in total. The van der Waals surface area contributed by atoms with E-state index in [0.29, 0.717) is 0 Å². The van der Waals surface area contributed by atoms with Crippen LogP contribution in [0, 0.1) is 0 Å². The van der Waals surface area contributed by atoms with Crippen molar-refractivity contribution in [1.82, 2.24) is 0 Å². The molecule has 5 rings (SSSR count). The summed E-state index contributed by atoms with van der Waals surface area (Å²) in [5.74, 6) is 0. The second kappa shape index (κ2) is 12.0. The third-order valence-electron chi connectivity index (χ3n) is 7.07. The summed E-state index contributed by atoms with van der Waals surface area (Å²) in [7, 11) is -1.12. The monoisotopic (exact) mass is 504 g/mol. The molecule has 0 amide bonds. The van der Waals surface area contributed by atoms with E-state index < -0.39 is 15.8 Å². The smallest absolute Gasteiger partial charge is 0.0154 e. The molecule has 0 radical (unpaired) electrons. The van der Waals surface area contributed by atoms with Crippen LogP contribution >= 0.6 is 15.8 Å². The molecule has 2 heteroatoms. The van der Waals surface area contributed by atoms with Crippen LogP contribution < -0.4 is 21.2 Å². The minimum Gasteiger partial charge on any atom is -0.0622 e. The minimum atomic E-state index is -0.561.